The molecule has 2 aromatic rings. The Labute approximate surface area is 175 Å². The Morgan fingerprint density at radius 1 is 1.14 bits per heavy atom. The molecule has 0 bridgehead atoms. The Kier molecular flexibility index (Phi) is 9.68. The monoisotopic (exact) mass is 419 g/mol. The largest absolute Gasteiger partial charge is 0.482 e. The van der Waals surface area contributed by atoms with Gasteiger partial charge in [-0.1, -0.05) is 37.6 Å². The van der Waals surface area contributed by atoms with Crippen LogP contribution in [0.15, 0.2) is 36.4 Å². The average Bonchev–Trinajstić information content (AvgIpc) is 2.71. The van der Waals surface area contributed by atoms with Gasteiger partial charge in [-0.15, -0.1) is 0 Å². The molecule has 0 aliphatic rings. The first-order chi connectivity index (χ1) is 13.8. The van der Waals surface area contributed by atoms with Crippen molar-refractivity contribution in [2.75, 3.05) is 13.7 Å². The third-order valence-electron chi connectivity index (χ3n) is 3.70. The molecule has 0 spiro atoms. The molecule has 0 aromatic heterocycles. The van der Waals surface area contributed by atoms with Crippen LogP contribution in [-0.2, 0) is 16.1 Å². The Bertz CT molecular complexity index is 864. The topological polar surface area (TPSA) is 114 Å². The minimum atomic E-state index is -0.549. The van der Waals surface area contributed by atoms with Gasteiger partial charge in [-0.25, -0.2) is 4.79 Å². The molecule has 0 aliphatic carbocycles. The molecule has 8 heteroatoms. The molecule has 0 unspecified atom stereocenters. The number of halogens is 1. The molecular weight excluding hydrogens is 394 g/mol. The molecule has 0 fully saturated rings. The molecule has 0 radical (unpaired) electrons. The van der Waals surface area contributed by atoms with Crippen molar-refractivity contribution in [2.24, 2.45) is 5.73 Å². The third-order valence-corrected chi connectivity index (χ3v) is 3.91. The summed E-state index contributed by atoms with van der Waals surface area (Å²) < 4.78 is 10.0. The Morgan fingerprint density at radius 3 is 2.41 bits per heavy atom. The van der Waals surface area contributed by atoms with E-state index in [1.807, 2.05) is 20.8 Å². The number of carbonyl (C=O) groups excluding carboxylic acids is 2. The van der Waals surface area contributed by atoms with E-state index in [2.05, 4.69) is 10.1 Å². The van der Waals surface area contributed by atoms with E-state index < -0.39 is 5.97 Å². The van der Waals surface area contributed by atoms with Gasteiger partial charge in [0, 0.05) is 28.3 Å². The first kappa shape index (κ1) is 24.0. The number of nitrogens with one attached hydrogen (secondary N) is 2. The van der Waals surface area contributed by atoms with Crippen molar-refractivity contribution >= 4 is 29.3 Å². The van der Waals surface area contributed by atoms with Crippen LogP contribution in [0.4, 0.5) is 0 Å². The first-order valence-corrected chi connectivity index (χ1v) is 9.40. The van der Waals surface area contributed by atoms with Crippen LogP contribution in [0.1, 0.15) is 40.9 Å². The number of rotatable bonds is 7. The molecule has 0 aliphatic heterocycles. The van der Waals surface area contributed by atoms with Crippen LogP contribution in [0.2, 0.25) is 5.02 Å². The van der Waals surface area contributed by atoms with Gasteiger partial charge in [-0.2, -0.15) is 0 Å². The van der Waals surface area contributed by atoms with Crippen LogP contribution < -0.4 is 15.8 Å². The van der Waals surface area contributed by atoms with Crippen molar-refractivity contribution in [3.05, 3.63) is 63.7 Å². The number of esters is 1. The molecule has 2 aromatic carbocycles. The average molecular weight is 420 g/mol. The molecule has 0 saturated carbocycles. The summed E-state index contributed by atoms with van der Waals surface area (Å²) in [6.45, 7) is 5.70. The Hall–Kier alpha value is -3.06. The highest BCUT2D eigenvalue weighted by Gasteiger charge is 2.12. The minimum Gasteiger partial charge on any atom is -0.482 e. The van der Waals surface area contributed by atoms with E-state index in [-0.39, 0.29) is 24.9 Å². The number of benzene rings is 2. The second-order valence-corrected chi connectivity index (χ2v) is 6.24. The number of nitrogen functional groups attached to an aromatic ring is 1. The lowest BCUT2D eigenvalue weighted by Gasteiger charge is -2.13. The number of nitrogens with two attached hydrogens (primary N) is 1. The van der Waals surface area contributed by atoms with Gasteiger partial charge in [0.1, 0.15) is 11.6 Å². The fraction of sp³-hybridized carbons (Fsp3) is 0.286. The summed E-state index contributed by atoms with van der Waals surface area (Å²) in [5.74, 6) is -0.652. The van der Waals surface area contributed by atoms with Crippen LogP contribution >= 0.6 is 11.6 Å². The van der Waals surface area contributed by atoms with Crippen molar-refractivity contribution in [1.29, 1.82) is 5.41 Å². The fourth-order valence-corrected chi connectivity index (χ4v) is 2.63. The highest BCUT2D eigenvalue weighted by Crippen LogP contribution is 2.21. The maximum absolute atomic E-state index is 12.4. The highest BCUT2D eigenvalue weighted by atomic mass is 35.5. The van der Waals surface area contributed by atoms with E-state index in [0.717, 1.165) is 5.56 Å². The summed E-state index contributed by atoms with van der Waals surface area (Å²) >= 11 is 5.99. The van der Waals surface area contributed by atoms with E-state index in [4.69, 9.17) is 27.5 Å². The van der Waals surface area contributed by atoms with E-state index in [0.29, 0.717) is 27.5 Å². The normalized spacial score (nSPS) is 9.69. The predicted octanol–water partition coefficient (Wildman–Crippen LogP) is 3.44. The zero-order valence-electron chi connectivity index (χ0n) is 17.0. The molecule has 0 heterocycles. The van der Waals surface area contributed by atoms with Gasteiger partial charge < -0.3 is 20.5 Å². The zero-order valence-corrected chi connectivity index (χ0v) is 17.7. The molecule has 156 valence electrons. The van der Waals surface area contributed by atoms with Crippen LogP contribution in [0.25, 0.3) is 0 Å². The van der Waals surface area contributed by atoms with E-state index in [1.165, 1.54) is 13.2 Å². The molecule has 0 saturated heterocycles. The van der Waals surface area contributed by atoms with Crippen LogP contribution in [0, 0.1) is 12.3 Å². The van der Waals surface area contributed by atoms with Crippen LogP contribution in [0.5, 0.6) is 5.75 Å². The molecule has 1 amide bonds. The molecule has 7 nitrogen and oxygen atoms in total. The van der Waals surface area contributed by atoms with Crippen molar-refractivity contribution < 1.29 is 19.1 Å². The predicted molar refractivity (Wildman–Crippen MR) is 114 cm³/mol. The van der Waals surface area contributed by atoms with Gasteiger partial charge in [0.05, 0.1) is 7.11 Å². The SMILES string of the molecule is CC.COC(=O)COc1cc(C(=N)N)ccc1CNC(=O)c1cc(C)cc(Cl)c1. The van der Waals surface area contributed by atoms with Crippen LogP contribution in [-0.4, -0.2) is 31.4 Å². The number of methoxy groups -OCH3 is 1. The Balaban J connectivity index is 0.00000204. The van der Waals surface area contributed by atoms with Gasteiger partial charge in [-0.3, -0.25) is 10.2 Å². The fourth-order valence-electron chi connectivity index (χ4n) is 2.34. The molecule has 0 atom stereocenters. The lowest BCUT2D eigenvalue weighted by Crippen LogP contribution is -2.24. The third kappa shape index (κ3) is 7.46. The summed E-state index contributed by atoms with van der Waals surface area (Å²) in [6.07, 6.45) is 0. The van der Waals surface area contributed by atoms with Crippen LogP contribution in [0.3, 0.4) is 0 Å². The van der Waals surface area contributed by atoms with Crippen molar-refractivity contribution in [3.8, 4) is 5.75 Å². The zero-order chi connectivity index (χ0) is 22.0. The summed E-state index contributed by atoms with van der Waals surface area (Å²) in [5.41, 5.74) is 7.87. The van der Waals surface area contributed by atoms with Crippen molar-refractivity contribution in [2.45, 2.75) is 27.3 Å². The Morgan fingerprint density at radius 2 is 1.83 bits per heavy atom. The number of aryl methyl sites for hydroxylation is 1. The van der Waals surface area contributed by atoms with E-state index in [1.54, 1.807) is 30.3 Å². The molecule has 4 N–H and O–H groups in total. The summed E-state index contributed by atoms with van der Waals surface area (Å²) in [5, 5.41) is 10.8. The maximum atomic E-state index is 12.4. The summed E-state index contributed by atoms with van der Waals surface area (Å²) in [7, 11) is 1.26. The number of ether oxygens (including phenoxy) is 2. The van der Waals surface area contributed by atoms with Gasteiger partial charge in [0.2, 0.25) is 0 Å². The molecular formula is C21H26ClN3O4. The smallest absolute Gasteiger partial charge is 0.343 e. The quantitative estimate of drug-likeness (QED) is 0.361. The van der Waals surface area contributed by atoms with Gasteiger partial charge >= 0.3 is 5.97 Å². The number of amidine groups is 1. The number of hydrogen-bond acceptors (Lipinski definition) is 5. The number of amides is 1. The minimum absolute atomic E-state index is 0.136. The van der Waals surface area contributed by atoms with Crippen molar-refractivity contribution in [3.63, 3.8) is 0 Å². The summed E-state index contributed by atoms with van der Waals surface area (Å²) in [4.78, 5) is 23.7. The van der Waals surface area contributed by atoms with Gasteiger partial charge in [-0.05, 0) is 36.8 Å². The second kappa shape index (κ2) is 11.7. The molecule has 29 heavy (non-hydrogen) atoms. The summed E-state index contributed by atoms with van der Waals surface area (Å²) in [6, 6.07) is 9.92. The van der Waals surface area contributed by atoms with Gasteiger partial charge in [0.15, 0.2) is 6.61 Å². The van der Waals surface area contributed by atoms with Gasteiger partial charge in [0.25, 0.3) is 5.91 Å². The lowest BCUT2D eigenvalue weighted by atomic mass is 10.1. The first-order valence-electron chi connectivity index (χ1n) is 9.02. The number of carbonyl (C=O) groups is 2. The highest BCUT2D eigenvalue weighted by molar-refractivity contribution is 6.31. The second-order valence-electron chi connectivity index (χ2n) is 5.80. The lowest BCUT2D eigenvalue weighted by molar-refractivity contribution is -0.142. The van der Waals surface area contributed by atoms with Crippen molar-refractivity contribution in [1.82, 2.24) is 5.32 Å². The number of hydrogen-bond donors (Lipinski definition) is 3. The standard InChI is InChI=1S/C19H20ClN3O4.C2H6/c1-11-5-14(7-15(20)6-11)19(25)23-9-13-4-3-12(18(21)22)8-16(13)27-10-17(24)26-2;1-2/h3-8H,9-10H2,1-2H3,(H3,21,22)(H,23,25);1-2H3. The maximum Gasteiger partial charge on any atom is 0.343 e. The van der Waals surface area contributed by atoms with E-state index >= 15 is 0 Å². The molecule has 2 rings (SSSR count). The van der Waals surface area contributed by atoms with E-state index in [9.17, 15) is 9.59 Å².